The number of terminal acetylenes is 1. The highest BCUT2D eigenvalue weighted by Crippen LogP contribution is 2.53. The maximum absolute atomic E-state index is 12.8. The van der Waals surface area contributed by atoms with Gasteiger partial charge < -0.3 is 5.32 Å². The molecule has 1 saturated carbocycles. The summed E-state index contributed by atoms with van der Waals surface area (Å²) in [6.07, 6.45) is 12.3. The molecule has 1 fully saturated rings. The van der Waals surface area contributed by atoms with Crippen molar-refractivity contribution in [3.05, 3.63) is 58.5 Å². The summed E-state index contributed by atoms with van der Waals surface area (Å²) in [4.78, 5) is 17.3. The van der Waals surface area contributed by atoms with Crippen LogP contribution < -0.4 is 5.32 Å². The van der Waals surface area contributed by atoms with Crippen LogP contribution in [0.4, 0.5) is 5.13 Å². The lowest BCUT2D eigenvalue weighted by atomic mass is 9.94. The SMILES string of the molecule is C#C/C=C\C(=C/C)C1(C(=O)Nc2nc(-c3ccc(Cl)cc3)cs2)CC1. The topological polar surface area (TPSA) is 42.0 Å². The molecule has 1 aromatic carbocycles. The fraction of sp³-hybridized carbons (Fsp3) is 0.200. The van der Waals surface area contributed by atoms with Crippen molar-refractivity contribution in [3.63, 3.8) is 0 Å². The molecule has 0 aliphatic heterocycles. The van der Waals surface area contributed by atoms with Crippen molar-refractivity contribution in [3.8, 4) is 23.6 Å². The van der Waals surface area contributed by atoms with Gasteiger partial charge in [-0.25, -0.2) is 4.98 Å². The molecule has 0 unspecified atom stereocenters. The van der Waals surface area contributed by atoms with Crippen molar-refractivity contribution in [1.82, 2.24) is 4.98 Å². The third-order valence-electron chi connectivity index (χ3n) is 4.27. The Morgan fingerprint density at radius 1 is 1.40 bits per heavy atom. The molecule has 0 bridgehead atoms. The average Bonchev–Trinajstić information content (AvgIpc) is 3.29. The summed E-state index contributed by atoms with van der Waals surface area (Å²) in [7, 11) is 0. The van der Waals surface area contributed by atoms with Gasteiger partial charge >= 0.3 is 0 Å². The first-order valence-corrected chi connectivity index (χ1v) is 9.17. The fourth-order valence-corrected chi connectivity index (χ4v) is 3.58. The van der Waals surface area contributed by atoms with Crippen LogP contribution >= 0.6 is 22.9 Å². The summed E-state index contributed by atoms with van der Waals surface area (Å²) >= 11 is 7.32. The molecule has 5 heteroatoms. The van der Waals surface area contributed by atoms with Gasteiger partial charge in [0.1, 0.15) is 0 Å². The van der Waals surface area contributed by atoms with Crippen molar-refractivity contribution >= 4 is 34.0 Å². The molecule has 1 aliphatic rings. The number of halogens is 1. The molecule has 2 aromatic rings. The lowest BCUT2D eigenvalue weighted by Crippen LogP contribution is -2.25. The van der Waals surface area contributed by atoms with Gasteiger partial charge in [-0.3, -0.25) is 4.79 Å². The molecule has 0 spiro atoms. The highest BCUT2D eigenvalue weighted by atomic mass is 35.5. The van der Waals surface area contributed by atoms with E-state index < -0.39 is 5.41 Å². The second-order valence-electron chi connectivity index (χ2n) is 5.83. The number of rotatable bonds is 5. The number of amides is 1. The highest BCUT2D eigenvalue weighted by Gasteiger charge is 2.51. The van der Waals surface area contributed by atoms with E-state index in [0.717, 1.165) is 29.7 Å². The third kappa shape index (κ3) is 3.68. The van der Waals surface area contributed by atoms with E-state index in [-0.39, 0.29) is 5.91 Å². The van der Waals surface area contributed by atoms with Gasteiger partial charge in [-0.05, 0) is 49.6 Å². The van der Waals surface area contributed by atoms with E-state index in [4.69, 9.17) is 18.0 Å². The van der Waals surface area contributed by atoms with Crippen LogP contribution in [0.3, 0.4) is 0 Å². The van der Waals surface area contributed by atoms with Crippen LogP contribution in [0.5, 0.6) is 0 Å². The quantitative estimate of drug-likeness (QED) is 0.573. The smallest absolute Gasteiger partial charge is 0.236 e. The van der Waals surface area contributed by atoms with E-state index in [0.29, 0.717) is 10.2 Å². The van der Waals surface area contributed by atoms with Gasteiger partial charge in [0.2, 0.25) is 5.91 Å². The standard InChI is InChI=1S/C20H17ClN2OS/c1-3-5-6-15(4-2)20(11-12-20)18(24)23-19-22-17(13-25-19)14-7-9-16(21)10-8-14/h1,4-10,13H,11-12H2,2H3,(H,22,23,24)/b6-5-,15-4+. The number of aromatic nitrogens is 1. The first kappa shape index (κ1) is 17.5. The summed E-state index contributed by atoms with van der Waals surface area (Å²) in [6, 6.07) is 7.47. The van der Waals surface area contributed by atoms with Crippen LogP contribution in [-0.2, 0) is 4.79 Å². The number of benzene rings is 1. The Bertz CT molecular complexity index is 883. The molecule has 126 valence electrons. The zero-order valence-corrected chi connectivity index (χ0v) is 15.3. The molecule has 1 N–H and O–H groups in total. The predicted octanol–water partition coefficient (Wildman–Crippen LogP) is 5.32. The normalized spacial score (nSPS) is 15.8. The van der Waals surface area contributed by atoms with Crippen LogP contribution in [0.25, 0.3) is 11.3 Å². The maximum Gasteiger partial charge on any atom is 0.236 e. The van der Waals surface area contributed by atoms with Gasteiger partial charge in [-0.15, -0.1) is 17.8 Å². The van der Waals surface area contributed by atoms with E-state index in [1.54, 1.807) is 6.08 Å². The van der Waals surface area contributed by atoms with Crippen molar-refractivity contribution < 1.29 is 4.79 Å². The molecule has 1 aromatic heterocycles. The van der Waals surface area contributed by atoms with E-state index >= 15 is 0 Å². The van der Waals surface area contributed by atoms with Gasteiger partial charge in [0.25, 0.3) is 0 Å². The Hall–Kier alpha value is -2.35. The Morgan fingerprint density at radius 3 is 2.72 bits per heavy atom. The van der Waals surface area contributed by atoms with Crippen molar-refractivity contribution in [2.24, 2.45) is 5.41 Å². The largest absolute Gasteiger partial charge is 0.301 e. The molecule has 1 amide bonds. The number of carbonyl (C=O) groups excluding carboxylic acids is 1. The minimum absolute atomic E-state index is 0.0284. The van der Waals surface area contributed by atoms with Crippen LogP contribution in [-0.4, -0.2) is 10.9 Å². The number of thiazole rings is 1. The number of anilines is 1. The van der Waals surface area contributed by atoms with Gasteiger partial charge in [0.05, 0.1) is 11.1 Å². The number of allylic oxidation sites excluding steroid dienone is 3. The van der Waals surface area contributed by atoms with E-state index in [2.05, 4.69) is 16.2 Å². The molecule has 25 heavy (non-hydrogen) atoms. The lowest BCUT2D eigenvalue weighted by Gasteiger charge is -2.15. The summed E-state index contributed by atoms with van der Waals surface area (Å²) in [5, 5.41) is 6.15. The number of nitrogens with one attached hydrogen (secondary N) is 1. The molecule has 0 radical (unpaired) electrons. The Balaban J connectivity index is 1.75. The van der Waals surface area contributed by atoms with Crippen LogP contribution in [0.2, 0.25) is 5.02 Å². The van der Waals surface area contributed by atoms with E-state index in [9.17, 15) is 4.79 Å². The molecular formula is C20H17ClN2OS. The second kappa shape index (κ2) is 7.26. The van der Waals surface area contributed by atoms with E-state index in [1.807, 2.05) is 48.7 Å². The second-order valence-corrected chi connectivity index (χ2v) is 7.12. The first-order chi connectivity index (χ1) is 12.1. The average molecular weight is 369 g/mol. The van der Waals surface area contributed by atoms with Crippen molar-refractivity contribution in [1.29, 1.82) is 0 Å². The summed E-state index contributed by atoms with van der Waals surface area (Å²) in [5.41, 5.74) is 2.26. The summed E-state index contributed by atoms with van der Waals surface area (Å²) < 4.78 is 0. The number of carbonyl (C=O) groups is 1. The van der Waals surface area contributed by atoms with Crippen molar-refractivity contribution in [2.75, 3.05) is 5.32 Å². The molecular weight excluding hydrogens is 352 g/mol. The zero-order valence-electron chi connectivity index (χ0n) is 13.8. The number of hydrogen-bond acceptors (Lipinski definition) is 3. The summed E-state index contributed by atoms with van der Waals surface area (Å²) in [5.74, 6) is 2.45. The van der Waals surface area contributed by atoms with Crippen LogP contribution in [0, 0.1) is 17.8 Å². The van der Waals surface area contributed by atoms with Crippen LogP contribution in [0.15, 0.2) is 53.4 Å². The van der Waals surface area contributed by atoms with Gasteiger partial charge in [-0.1, -0.05) is 35.7 Å². The van der Waals surface area contributed by atoms with Crippen LogP contribution in [0.1, 0.15) is 19.8 Å². The highest BCUT2D eigenvalue weighted by molar-refractivity contribution is 7.14. The van der Waals surface area contributed by atoms with Gasteiger partial charge in [0.15, 0.2) is 5.13 Å². The lowest BCUT2D eigenvalue weighted by molar-refractivity contribution is -0.119. The van der Waals surface area contributed by atoms with E-state index in [1.165, 1.54) is 11.3 Å². The fourth-order valence-electron chi connectivity index (χ4n) is 2.74. The molecule has 3 rings (SSSR count). The Labute approximate surface area is 156 Å². The number of nitrogens with zero attached hydrogens (tertiary/aromatic N) is 1. The molecule has 0 saturated heterocycles. The molecule has 1 heterocycles. The monoisotopic (exact) mass is 368 g/mol. The number of hydrogen-bond donors (Lipinski definition) is 1. The zero-order chi connectivity index (χ0) is 17.9. The van der Waals surface area contributed by atoms with Gasteiger partial charge in [-0.2, -0.15) is 0 Å². The summed E-state index contributed by atoms with van der Waals surface area (Å²) in [6.45, 7) is 1.92. The molecule has 0 atom stereocenters. The Morgan fingerprint density at radius 2 is 2.12 bits per heavy atom. The molecule has 3 nitrogen and oxygen atoms in total. The minimum Gasteiger partial charge on any atom is -0.301 e. The van der Waals surface area contributed by atoms with Gasteiger partial charge in [0, 0.05) is 16.0 Å². The van der Waals surface area contributed by atoms with Crippen molar-refractivity contribution in [2.45, 2.75) is 19.8 Å². The Kier molecular flexibility index (Phi) is 5.08. The predicted molar refractivity (Wildman–Crippen MR) is 105 cm³/mol. The minimum atomic E-state index is -0.478. The molecule has 1 aliphatic carbocycles. The third-order valence-corrected chi connectivity index (χ3v) is 5.28. The first-order valence-electron chi connectivity index (χ1n) is 7.91. The maximum atomic E-state index is 12.8.